The first-order chi connectivity index (χ1) is 9.60. The van der Waals surface area contributed by atoms with E-state index in [1.54, 1.807) is 0 Å². The molecule has 0 saturated carbocycles. The average Bonchev–Trinajstić information content (AvgIpc) is 2.39. The molecule has 3 nitrogen and oxygen atoms in total. The Morgan fingerprint density at radius 1 is 1.20 bits per heavy atom. The molecule has 0 aliphatic heterocycles. The molecule has 0 aliphatic rings. The third-order valence-electron chi connectivity index (χ3n) is 3.22. The maximum absolute atomic E-state index is 5.84. The van der Waals surface area contributed by atoms with Gasteiger partial charge in [-0.25, -0.2) is 4.98 Å². The van der Waals surface area contributed by atoms with Gasteiger partial charge in [-0.1, -0.05) is 26.0 Å². The van der Waals surface area contributed by atoms with Crippen LogP contribution in [0.4, 0.5) is 0 Å². The normalized spacial score (nSPS) is 10.8. The summed E-state index contributed by atoms with van der Waals surface area (Å²) in [6.07, 6.45) is 0. The van der Waals surface area contributed by atoms with E-state index >= 15 is 0 Å². The quantitative estimate of drug-likeness (QED) is 0.891. The van der Waals surface area contributed by atoms with Crippen molar-refractivity contribution in [2.24, 2.45) is 0 Å². The Hall–Kier alpha value is -1.87. The van der Waals surface area contributed by atoms with Gasteiger partial charge >= 0.3 is 0 Å². The number of nitrogens with zero attached hydrogens (tertiary/aromatic N) is 1. The topological polar surface area (TPSA) is 34.1 Å². The Kier molecular flexibility index (Phi) is 4.74. The number of ether oxygens (including phenoxy) is 1. The molecule has 0 atom stereocenters. The molecule has 20 heavy (non-hydrogen) atoms. The van der Waals surface area contributed by atoms with Crippen LogP contribution < -0.4 is 10.1 Å². The highest BCUT2D eigenvalue weighted by Gasteiger charge is 2.06. The summed E-state index contributed by atoms with van der Waals surface area (Å²) in [4.78, 5) is 4.46. The van der Waals surface area contributed by atoms with Gasteiger partial charge in [0.05, 0.1) is 5.69 Å². The summed E-state index contributed by atoms with van der Waals surface area (Å²) >= 11 is 0. The number of hydrogen-bond donors (Lipinski definition) is 1. The van der Waals surface area contributed by atoms with E-state index in [1.165, 1.54) is 11.1 Å². The Bertz CT molecular complexity index is 579. The van der Waals surface area contributed by atoms with E-state index in [0.717, 1.165) is 18.0 Å². The van der Waals surface area contributed by atoms with Gasteiger partial charge in [0, 0.05) is 12.6 Å². The fourth-order valence-electron chi connectivity index (χ4n) is 2.27. The largest absolute Gasteiger partial charge is 0.439 e. The standard InChI is InChI=1S/C17H22N2O/c1-12(2)16-9-8-15(10-13(16)3)20-17-7-5-6-14(19-17)11-18-4/h5-10,12,18H,11H2,1-4H3. The van der Waals surface area contributed by atoms with E-state index in [2.05, 4.69) is 43.2 Å². The van der Waals surface area contributed by atoms with E-state index in [-0.39, 0.29) is 0 Å². The molecule has 1 heterocycles. The molecule has 106 valence electrons. The molecule has 2 aromatic rings. The lowest BCUT2D eigenvalue weighted by atomic mass is 9.98. The van der Waals surface area contributed by atoms with Gasteiger partial charge in [-0.3, -0.25) is 0 Å². The van der Waals surface area contributed by atoms with Crippen molar-refractivity contribution >= 4 is 0 Å². The van der Waals surface area contributed by atoms with Gasteiger partial charge in [0.2, 0.25) is 5.88 Å². The zero-order chi connectivity index (χ0) is 14.5. The molecule has 1 aromatic carbocycles. The molecule has 0 unspecified atom stereocenters. The third-order valence-corrected chi connectivity index (χ3v) is 3.22. The Morgan fingerprint density at radius 2 is 2.00 bits per heavy atom. The van der Waals surface area contributed by atoms with Crippen molar-refractivity contribution in [2.45, 2.75) is 33.2 Å². The minimum absolute atomic E-state index is 0.529. The van der Waals surface area contributed by atoms with E-state index in [4.69, 9.17) is 4.74 Å². The summed E-state index contributed by atoms with van der Waals surface area (Å²) in [5.74, 6) is 2.00. The van der Waals surface area contributed by atoms with Gasteiger partial charge in [-0.2, -0.15) is 0 Å². The van der Waals surface area contributed by atoms with Crippen LogP contribution in [0, 0.1) is 6.92 Å². The SMILES string of the molecule is CNCc1cccc(Oc2ccc(C(C)C)c(C)c2)n1. The van der Waals surface area contributed by atoms with Crippen molar-refractivity contribution in [3.05, 3.63) is 53.2 Å². The molecule has 0 amide bonds. The van der Waals surface area contributed by atoms with Crippen LogP contribution in [0.3, 0.4) is 0 Å². The monoisotopic (exact) mass is 270 g/mol. The molecule has 0 saturated heterocycles. The zero-order valence-corrected chi connectivity index (χ0v) is 12.6. The second kappa shape index (κ2) is 6.53. The number of benzene rings is 1. The highest BCUT2D eigenvalue weighted by molar-refractivity contribution is 5.38. The third kappa shape index (κ3) is 3.58. The van der Waals surface area contributed by atoms with Crippen LogP contribution in [-0.4, -0.2) is 12.0 Å². The Balaban J connectivity index is 2.17. The summed E-state index contributed by atoms with van der Waals surface area (Å²) < 4.78 is 5.84. The number of hydrogen-bond acceptors (Lipinski definition) is 3. The maximum Gasteiger partial charge on any atom is 0.219 e. The molecular weight excluding hydrogens is 248 g/mol. The second-order valence-corrected chi connectivity index (χ2v) is 5.27. The molecular formula is C17H22N2O. The van der Waals surface area contributed by atoms with Crippen LogP contribution in [0.25, 0.3) is 0 Å². The minimum Gasteiger partial charge on any atom is -0.439 e. The van der Waals surface area contributed by atoms with Crippen LogP contribution in [0.1, 0.15) is 36.6 Å². The second-order valence-electron chi connectivity index (χ2n) is 5.27. The molecule has 0 spiro atoms. The first-order valence-electron chi connectivity index (χ1n) is 6.99. The predicted octanol–water partition coefficient (Wildman–Crippen LogP) is 4.03. The Morgan fingerprint density at radius 3 is 2.65 bits per heavy atom. The Labute approximate surface area is 121 Å². The highest BCUT2D eigenvalue weighted by atomic mass is 16.5. The first kappa shape index (κ1) is 14.5. The average molecular weight is 270 g/mol. The fraction of sp³-hybridized carbons (Fsp3) is 0.353. The van der Waals surface area contributed by atoms with Gasteiger partial charge < -0.3 is 10.1 Å². The van der Waals surface area contributed by atoms with Gasteiger partial charge in [-0.15, -0.1) is 0 Å². The predicted molar refractivity (Wildman–Crippen MR) is 82.3 cm³/mol. The number of rotatable bonds is 5. The van der Waals surface area contributed by atoms with Crippen LogP contribution in [0.2, 0.25) is 0 Å². The maximum atomic E-state index is 5.84. The van der Waals surface area contributed by atoms with Crippen molar-refractivity contribution in [1.29, 1.82) is 0 Å². The number of nitrogens with one attached hydrogen (secondary N) is 1. The summed E-state index contributed by atoms with van der Waals surface area (Å²) in [6.45, 7) is 7.26. The number of aromatic nitrogens is 1. The summed E-state index contributed by atoms with van der Waals surface area (Å²) in [7, 11) is 1.91. The number of aryl methyl sites for hydroxylation is 1. The van der Waals surface area contributed by atoms with Gasteiger partial charge in [-0.05, 0) is 49.2 Å². The van der Waals surface area contributed by atoms with Crippen molar-refractivity contribution in [3.8, 4) is 11.6 Å². The summed E-state index contributed by atoms with van der Waals surface area (Å²) in [5.41, 5.74) is 3.58. The number of pyridine rings is 1. The molecule has 0 bridgehead atoms. The lowest BCUT2D eigenvalue weighted by Gasteiger charge is -2.12. The first-order valence-corrected chi connectivity index (χ1v) is 6.99. The summed E-state index contributed by atoms with van der Waals surface area (Å²) in [6, 6.07) is 12.0. The zero-order valence-electron chi connectivity index (χ0n) is 12.6. The smallest absolute Gasteiger partial charge is 0.219 e. The van der Waals surface area contributed by atoms with E-state index in [1.807, 2.05) is 31.3 Å². The van der Waals surface area contributed by atoms with Crippen LogP contribution in [0.5, 0.6) is 11.6 Å². The lowest BCUT2D eigenvalue weighted by molar-refractivity contribution is 0.459. The lowest BCUT2D eigenvalue weighted by Crippen LogP contribution is -2.06. The fourth-order valence-corrected chi connectivity index (χ4v) is 2.27. The van der Waals surface area contributed by atoms with Crippen molar-refractivity contribution in [3.63, 3.8) is 0 Å². The van der Waals surface area contributed by atoms with Crippen LogP contribution >= 0.6 is 0 Å². The van der Waals surface area contributed by atoms with E-state index < -0.39 is 0 Å². The molecule has 0 fully saturated rings. The molecule has 0 radical (unpaired) electrons. The summed E-state index contributed by atoms with van der Waals surface area (Å²) in [5, 5.41) is 3.09. The van der Waals surface area contributed by atoms with Crippen molar-refractivity contribution < 1.29 is 4.74 Å². The van der Waals surface area contributed by atoms with E-state index in [0.29, 0.717) is 11.8 Å². The molecule has 1 N–H and O–H groups in total. The van der Waals surface area contributed by atoms with E-state index in [9.17, 15) is 0 Å². The molecule has 2 rings (SSSR count). The highest BCUT2D eigenvalue weighted by Crippen LogP contribution is 2.26. The minimum atomic E-state index is 0.529. The molecule has 0 aliphatic carbocycles. The molecule has 1 aromatic heterocycles. The van der Waals surface area contributed by atoms with Crippen molar-refractivity contribution in [1.82, 2.24) is 10.3 Å². The van der Waals surface area contributed by atoms with Crippen LogP contribution in [-0.2, 0) is 6.54 Å². The van der Waals surface area contributed by atoms with Crippen LogP contribution in [0.15, 0.2) is 36.4 Å². The molecule has 3 heteroatoms. The van der Waals surface area contributed by atoms with Gasteiger partial charge in [0.15, 0.2) is 0 Å². The van der Waals surface area contributed by atoms with Crippen molar-refractivity contribution in [2.75, 3.05) is 7.05 Å². The van der Waals surface area contributed by atoms with Gasteiger partial charge in [0.1, 0.15) is 5.75 Å². The van der Waals surface area contributed by atoms with Gasteiger partial charge in [0.25, 0.3) is 0 Å².